The Bertz CT molecular complexity index is 1230. The van der Waals surface area contributed by atoms with E-state index in [0.29, 0.717) is 30.5 Å². The summed E-state index contributed by atoms with van der Waals surface area (Å²) in [4.78, 5) is 27.6. The van der Waals surface area contributed by atoms with E-state index >= 15 is 0 Å². The zero-order valence-electron chi connectivity index (χ0n) is 22.4. The van der Waals surface area contributed by atoms with Gasteiger partial charge in [-0.1, -0.05) is 6.42 Å². The average Bonchev–Trinajstić information content (AvgIpc) is 3.40. The first kappa shape index (κ1) is 25.7. The first-order chi connectivity index (χ1) is 18.7. The van der Waals surface area contributed by atoms with E-state index in [9.17, 15) is 0 Å². The molecular weight excluding hydrogens is 502 g/mol. The van der Waals surface area contributed by atoms with Gasteiger partial charge in [0.15, 0.2) is 11.6 Å². The van der Waals surface area contributed by atoms with E-state index in [1.165, 1.54) is 57.2 Å². The maximum Gasteiger partial charge on any atom is 0.319 e. The Morgan fingerprint density at radius 3 is 2.47 bits per heavy atom. The minimum atomic E-state index is 0.252. The van der Waals surface area contributed by atoms with Gasteiger partial charge < -0.3 is 24.0 Å². The Morgan fingerprint density at radius 2 is 1.74 bits per heavy atom. The number of methoxy groups -OCH3 is 2. The van der Waals surface area contributed by atoms with Gasteiger partial charge >= 0.3 is 6.01 Å². The number of rotatable bonds is 7. The van der Waals surface area contributed by atoms with Crippen molar-refractivity contribution in [3.63, 3.8) is 0 Å². The summed E-state index contributed by atoms with van der Waals surface area (Å²) in [6.07, 6.45) is 8.34. The molecule has 3 aliphatic heterocycles. The van der Waals surface area contributed by atoms with Crippen molar-refractivity contribution in [3.05, 3.63) is 17.1 Å². The van der Waals surface area contributed by atoms with Gasteiger partial charge in [0.05, 0.1) is 37.6 Å². The Kier molecular flexibility index (Phi) is 7.87. The van der Waals surface area contributed by atoms with E-state index in [4.69, 9.17) is 24.2 Å². The molecule has 3 aromatic heterocycles. The number of hydrogen-bond donors (Lipinski definition) is 0. The van der Waals surface area contributed by atoms with Gasteiger partial charge in [0.2, 0.25) is 5.88 Å². The summed E-state index contributed by atoms with van der Waals surface area (Å²) in [7, 11) is 3.13. The molecule has 0 aliphatic carbocycles. The van der Waals surface area contributed by atoms with Crippen LogP contribution < -0.4 is 14.4 Å². The van der Waals surface area contributed by atoms with Crippen molar-refractivity contribution in [1.82, 2.24) is 29.7 Å². The van der Waals surface area contributed by atoms with E-state index in [2.05, 4.69) is 30.7 Å². The van der Waals surface area contributed by atoms with E-state index in [1.54, 1.807) is 13.3 Å². The molecule has 0 amide bonds. The van der Waals surface area contributed by atoms with Crippen molar-refractivity contribution >= 4 is 27.4 Å². The number of likely N-dealkylation sites (tertiary alicyclic amines) is 2. The molecule has 204 valence electrons. The second-order valence-electron chi connectivity index (χ2n) is 10.3. The van der Waals surface area contributed by atoms with Crippen molar-refractivity contribution in [2.24, 2.45) is 0 Å². The smallest absolute Gasteiger partial charge is 0.319 e. The number of ether oxygens (including phenoxy) is 3. The van der Waals surface area contributed by atoms with E-state index < -0.39 is 0 Å². The Hall–Kier alpha value is -2.60. The van der Waals surface area contributed by atoms with Gasteiger partial charge in [-0.15, -0.1) is 11.3 Å². The molecule has 0 atom stereocenters. The molecule has 11 heteroatoms. The highest BCUT2D eigenvalue weighted by molar-refractivity contribution is 7.19. The van der Waals surface area contributed by atoms with Gasteiger partial charge in [0.25, 0.3) is 0 Å². The number of fused-ring (bicyclic) bond motifs is 1. The van der Waals surface area contributed by atoms with E-state index in [0.717, 1.165) is 54.8 Å². The molecule has 3 saturated heterocycles. The number of morpholine rings is 1. The summed E-state index contributed by atoms with van der Waals surface area (Å²) in [5, 5.41) is 0. The first-order valence-electron chi connectivity index (χ1n) is 13.8. The van der Waals surface area contributed by atoms with Crippen LogP contribution in [0, 0.1) is 0 Å². The average molecular weight is 540 g/mol. The monoisotopic (exact) mass is 539 g/mol. The molecular formula is C27H37N7O3S. The van der Waals surface area contributed by atoms with Crippen LogP contribution in [0.3, 0.4) is 0 Å². The van der Waals surface area contributed by atoms with Crippen molar-refractivity contribution in [2.45, 2.75) is 44.7 Å². The largest absolute Gasteiger partial charge is 0.480 e. The Labute approximate surface area is 227 Å². The molecule has 0 bridgehead atoms. The second-order valence-corrected chi connectivity index (χ2v) is 11.4. The first-order valence-corrected chi connectivity index (χ1v) is 14.6. The van der Waals surface area contributed by atoms with Gasteiger partial charge in [-0.3, -0.25) is 4.90 Å². The molecule has 6 heterocycles. The quantitative estimate of drug-likeness (QED) is 0.445. The van der Waals surface area contributed by atoms with Gasteiger partial charge in [0.1, 0.15) is 5.56 Å². The SMILES string of the molecule is COc1ncc(-c2nc(N3CCOCC3)c3sc(CN4CCC(N5CCCCC5)CC4)cc3n2)c(OC)n1. The predicted octanol–water partition coefficient (Wildman–Crippen LogP) is 3.45. The molecule has 6 rings (SSSR count). The summed E-state index contributed by atoms with van der Waals surface area (Å²) >= 11 is 1.82. The number of piperidine rings is 2. The number of aromatic nitrogens is 4. The molecule has 0 spiro atoms. The summed E-state index contributed by atoms with van der Waals surface area (Å²) in [5.41, 5.74) is 1.61. The Morgan fingerprint density at radius 1 is 0.947 bits per heavy atom. The van der Waals surface area contributed by atoms with Crippen LogP contribution in [-0.4, -0.2) is 102 Å². The minimum Gasteiger partial charge on any atom is -0.480 e. The lowest BCUT2D eigenvalue weighted by molar-refractivity contribution is 0.0901. The predicted molar refractivity (Wildman–Crippen MR) is 148 cm³/mol. The van der Waals surface area contributed by atoms with Crippen LogP contribution in [0.25, 0.3) is 21.6 Å². The molecule has 3 aromatic rings. The second kappa shape index (κ2) is 11.6. The fourth-order valence-corrected chi connectivity index (χ4v) is 7.01. The number of thiophene rings is 1. The van der Waals surface area contributed by atoms with Crippen LogP contribution in [0.15, 0.2) is 12.3 Å². The third-order valence-corrected chi connectivity index (χ3v) is 9.01. The molecule has 3 aliphatic rings. The highest BCUT2D eigenvalue weighted by atomic mass is 32.1. The number of hydrogen-bond acceptors (Lipinski definition) is 11. The molecule has 0 N–H and O–H groups in total. The van der Waals surface area contributed by atoms with Gasteiger partial charge in [-0.2, -0.15) is 4.98 Å². The zero-order chi connectivity index (χ0) is 25.9. The van der Waals surface area contributed by atoms with Gasteiger partial charge in [0, 0.05) is 49.8 Å². The summed E-state index contributed by atoms with van der Waals surface area (Å²) in [6.45, 7) is 8.84. The molecule has 0 radical (unpaired) electrons. The van der Waals surface area contributed by atoms with Crippen molar-refractivity contribution in [3.8, 4) is 23.3 Å². The molecule has 3 fully saturated rings. The van der Waals surface area contributed by atoms with Crippen LogP contribution in [-0.2, 0) is 11.3 Å². The van der Waals surface area contributed by atoms with Crippen LogP contribution >= 0.6 is 11.3 Å². The summed E-state index contributed by atoms with van der Waals surface area (Å²) in [6, 6.07) is 3.25. The zero-order valence-corrected chi connectivity index (χ0v) is 23.2. The molecule has 38 heavy (non-hydrogen) atoms. The van der Waals surface area contributed by atoms with Crippen molar-refractivity contribution in [1.29, 1.82) is 0 Å². The fourth-order valence-electron chi connectivity index (χ4n) is 5.86. The summed E-state index contributed by atoms with van der Waals surface area (Å²) < 4.78 is 17.5. The molecule has 0 unspecified atom stereocenters. The van der Waals surface area contributed by atoms with Gasteiger partial charge in [-0.05, 0) is 44.8 Å². The van der Waals surface area contributed by atoms with Gasteiger partial charge in [-0.25, -0.2) is 15.0 Å². The van der Waals surface area contributed by atoms with Crippen LogP contribution in [0.4, 0.5) is 5.82 Å². The fraction of sp³-hybridized carbons (Fsp3) is 0.630. The highest BCUT2D eigenvalue weighted by Gasteiger charge is 2.27. The molecule has 10 nitrogen and oxygen atoms in total. The summed E-state index contributed by atoms with van der Waals surface area (Å²) in [5.74, 6) is 1.91. The minimum absolute atomic E-state index is 0.252. The normalized spacial score (nSPS) is 20.2. The third kappa shape index (κ3) is 5.42. The van der Waals surface area contributed by atoms with Crippen molar-refractivity contribution in [2.75, 3.05) is 71.6 Å². The van der Waals surface area contributed by atoms with E-state index in [1.807, 2.05) is 11.3 Å². The highest BCUT2D eigenvalue weighted by Crippen LogP contribution is 2.37. The standard InChI is InChI=1S/C27H37N7O3S/c1-35-26-21(17-28-27(31-26)36-2)24-29-22-16-20(38-23(22)25(30-24)34-12-14-37-15-13-34)18-32-10-6-19(7-11-32)33-8-4-3-5-9-33/h16-17,19H,3-15,18H2,1-2H3. The lowest BCUT2D eigenvalue weighted by atomic mass is 10.00. The topological polar surface area (TPSA) is 89.0 Å². The molecule has 0 saturated carbocycles. The van der Waals surface area contributed by atoms with Crippen LogP contribution in [0.2, 0.25) is 0 Å². The van der Waals surface area contributed by atoms with Crippen LogP contribution in [0.5, 0.6) is 11.9 Å². The number of anilines is 1. The lowest BCUT2D eigenvalue weighted by Crippen LogP contribution is -2.46. The maximum atomic E-state index is 5.62. The Balaban J connectivity index is 1.27. The molecule has 0 aromatic carbocycles. The van der Waals surface area contributed by atoms with E-state index in [-0.39, 0.29) is 6.01 Å². The number of nitrogens with zero attached hydrogens (tertiary/aromatic N) is 7. The van der Waals surface area contributed by atoms with Crippen LogP contribution in [0.1, 0.15) is 37.0 Å². The maximum absolute atomic E-state index is 5.62. The van der Waals surface area contributed by atoms with Crippen molar-refractivity contribution < 1.29 is 14.2 Å². The lowest BCUT2D eigenvalue weighted by Gasteiger charge is -2.40. The third-order valence-electron chi connectivity index (χ3n) is 7.91.